The van der Waals surface area contributed by atoms with Gasteiger partial charge in [0.2, 0.25) is 0 Å². The number of hydrogen-bond donors (Lipinski definition) is 3. The van der Waals surface area contributed by atoms with E-state index in [0.717, 1.165) is 23.6 Å². The summed E-state index contributed by atoms with van der Waals surface area (Å²) in [4.78, 5) is 11.8. The van der Waals surface area contributed by atoms with Gasteiger partial charge in [0, 0.05) is 12.2 Å². The Morgan fingerprint density at radius 1 is 1.20 bits per heavy atom. The van der Waals surface area contributed by atoms with Crippen molar-refractivity contribution < 1.29 is 4.79 Å². The third kappa shape index (κ3) is 5.18. The third-order valence-electron chi connectivity index (χ3n) is 2.79. The van der Waals surface area contributed by atoms with E-state index < -0.39 is 0 Å². The Morgan fingerprint density at radius 3 is 2.40 bits per heavy atom. The van der Waals surface area contributed by atoms with E-state index in [0.29, 0.717) is 6.54 Å². The van der Waals surface area contributed by atoms with Gasteiger partial charge in [-0.2, -0.15) is 0 Å². The van der Waals surface area contributed by atoms with Crippen LogP contribution in [0, 0.1) is 0 Å². The van der Waals surface area contributed by atoms with Crippen LogP contribution in [-0.2, 0) is 4.79 Å². The van der Waals surface area contributed by atoms with E-state index in [9.17, 15) is 4.79 Å². The summed E-state index contributed by atoms with van der Waals surface area (Å²) < 4.78 is 0. The van der Waals surface area contributed by atoms with Gasteiger partial charge < -0.3 is 16.0 Å². The standard InChI is InChI=1S/C16H23N3O/c1-5-17-14(4)18-11-12(2)19-16(13(3)20)15-9-7-6-8-10-15/h6-10,16-19H,2,4-5,11H2,1,3H3/t16-/m1/s1. The minimum absolute atomic E-state index is 0.0582. The molecule has 0 aliphatic rings. The summed E-state index contributed by atoms with van der Waals surface area (Å²) in [6, 6.07) is 9.26. The van der Waals surface area contributed by atoms with Crippen LogP contribution >= 0.6 is 0 Å². The molecule has 1 aromatic rings. The molecule has 20 heavy (non-hydrogen) atoms. The quantitative estimate of drug-likeness (QED) is 0.645. The van der Waals surface area contributed by atoms with E-state index in [1.807, 2.05) is 37.3 Å². The molecule has 0 aliphatic heterocycles. The second kappa shape index (κ2) is 8.04. The van der Waals surface area contributed by atoms with Crippen molar-refractivity contribution >= 4 is 5.78 Å². The highest BCUT2D eigenvalue weighted by Gasteiger charge is 2.16. The fraction of sp³-hybridized carbons (Fsp3) is 0.312. The molecular formula is C16H23N3O. The van der Waals surface area contributed by atoms with Crippen molar-refractivity contribution in [3.8, 4) is 0 Å². The number of ketones is 1. The Balaban J connectivity index is 2.57. The summed E-state index contributed by atoms with van der Waals surface area (Å²) in [6.45, 7) is 12.7. The van der Waals surface area contributed by atoms with Gasteiger partial charge in [-0.15, -0.1) is 0 Å². The van der Waals surface area contributed by atoms with Crippen molar-refractivity contribution in [1.29, 1.82) is 0 Å². The van der Waals surface area contributed by atoms with Crippen LogP contribution in [0.3, 0.4) is 0 Å². The molecule has 0 heterocycles. The number of nitrogens with one attached hydrogen (secondary N) is 3. The largest absolute Gasteiger partial charge is 0.374 e. The van der Waals surface area contributed by atoms with Crippen molar-refractivity contribution in [3.63, 3.8) is 0 Å². The average molecular weight is 273 g/mol. The molecule has 0 amide bonds. The second-order valence-corrected chi connectivity index (χ2v) is 4.56. The lowest BCUT2D eigenvalue weighted by Crippen LogP contribution is -2.33. The highest BCUT2D eigenvalue weighted by atomic mass is 16.1. The van der Waals surface area contributed by atoms with Crippen molar-refractivity contribution in [3.05, 3.63) is 60.6 Å². The van der Waals surface area contributed by atoms with Crippen LogP contribution in [0.1, 0.15) is 25.5 Å². The zero-order valence-electron chi connectivity index (χ0n) is 12.2. The smallest absolute Gasteiger partial charge is 0.156 e. The molecule has 0 aliphatic carbocycles. The van der Waals surface area contributed by atoms with Crippen LogP contribution in [-0.4, -0.2) is 18.9 Å². The molecule has 0 radical (unpaired) electrons. The number of carbonyl (C=O) groups excluding carboxylic acids is 1. The molecule has 1 aromatic carbocycles. The average Bonchev–Trinajstić information content (AvgIpc) is 2.43. The van der Waals surface area contributed by atoms with E-state index in [2.05, 4.69) is 29.1 Å². The summed E-state index contributed by atoms with van der Waals surface area (Å²) in [6.07, 6.45) is 0. The predicted octanol–water partition coefficient (Wildman–Crippen LogP) is 2.09. The fourth-order valence-electron chi connectivity index (χ4n) is 1.81. The molecule has 0 bridgehead atoms. The molecule has 0 fully saturated rings. The second-order valence-electron chi connectivity index (χ2n) is 4.56. The highest BCUT2D eigenvalue weighted by Crippen LogP contribution is 2.14. The number of hydrogen-bond acceptors (Lipinski definition) is 4. The lowest BCUT2D eigenvalue weighted by molar-refractivity contribution is -0.118. The first kappa shape index (κ1) is 15.8. The zero-order valence-corrected chi connectivity index (χ0v) is 12.2. The van der Waals surface area contributed by atoms with Crippen LogP contribution in [0.15, 0.2) is 55.0 Å². The minimum atomic E-state index is -0.363. The first-order valence-corrected chi connectivity index (χ1v) is 6.71. The summed E-state index contributed by atoms with van der Waals surface area (Å²) in [5, 5.41) is 9.32. The van der Waals surface area contributed by atoms with Gasteiger partial charge in [0.1, 0.15) is 6.04 Å². The summed E-state index contributed by atoms with van der Waals surface area (Å²) in [5.41, 5.74) is 1.68. The van der Waals surface area contributed by atoms with Gasteiger partial charge in [-0.1, -0.05) is 43.5 Å². The Bertz CT molecular complexity index is 468. The molecule has 0 aromatic heterocycles. The van der Waals surface area contributed by atoms with Crippen LogP contribution in [0.4, 0.5) is 0 Å². The Labute approximate surface area is 121 Å². The van der Waals surface area contributed by atoms with Crippen LogP contribution in [0.25, 0.3) is 0 Å². The molecular weight excluding hydrogens is 250 g/mol. The van der Waals surface area contributed by atoms with E-state index in [1.54, 1.807) is 6.92 Å². The van der Waals surface area contributed by atoms with E-state index in [-0.39, 0.29) is 11.8 Å². The topological polar surface area (TPSA) is 53.2 Å². The summed E-state index contributed by atoms with van der Waals surface area (Å²) in [7, 11) is 0. The van der Waals surface area contributed by atoms with E-state index in [1.165, 1.54) is 0 Å². The lowest BCUT2D eigenvalue weighted by atomic mass is 10.0. The minimum Gasteiger partial charge on any atom is -0.374 e. The van der Waals surface area contributed by atoms with Crippen molar-refractivity contribution in [2.45, 2.75) is 19.9 Å². The third-order valence-corrected chi connectivity index (χ3v) is 2.79. The van der Waals surface area contributed by atoms with Gasteiger partial charge in [-0.3, -0.25) is 4.79 Å². The maximum absolute atomic E-state index is 11.8. The SMILES string of the molecule is C=C(CNC(=C)NCC)N[C@H](C(C)=O)c1ccccc1. The number of rotatable bonds is 9. The first-order valence-electron chi connectivity index (χ1n) is 6.71. The zero-order chi connectivity index (χ0) is 15.0. The Hall–Kier alpha value is -2.23. The number of Topliss-reactive ketones (excluding diaryl/α,β-unsaturated/α-hetero) is 1. The van der Waals surface area contributed by atoms with Gasteiger partial charge in [-0.05, 0) is 19.4 Å². The Kier molecular flexibility index (Phi) is 6.37. The van der Waals surface area contributed by atoms with Gasteiger partial charge in [0.15, 0.2) is 5.78 Å². The van der Waals surface area contributed by atoms with Crippen molar-refractivity contribution in [1.82, 2.24) is 16.0 Å². The monoisotopic (exact) mass is 273 g/mol. The first-order chi connectivity index (χ1) is 9.54. The number of benzene rings is 1. The molecule has 4 nitrogen and oxygen atoms in total. The van der Waals surface area contributed by atoms with Crippen molar-refractivity contribution in [2.24, 2.45) is 0 Å². The molecule has 3 N–H and O–H groups in total. The van der Waals surface area contributed by atoms with Crippen LogP contribution < -0.4 is 16.0 Å². The molecule has 0 saturated heterocycles. The number of carbonyl (C=O) groups is 1. The Morgan fingerprint density at radius 2 is 1.85 bits per heavy atom. The summed E-state index contributed by atoms with van der Waals surface area (Å²) in [5.74, 6) is 0.803. The van der Waals surface area contributed by atoms with E-state index in [4.69, 9.17) is 0 Å². The predicted molar refractivity (Wildman–Crippen MR) is 83.0 cm³/mol. The van der Waals surface area contributed by atoms with Gasteiger partial charge >= 0.3 is 0 Å². The maximum Gasteiger partial charge on any atom is 0.156 e. The lowest BCUT2D eigenvalue weighted by Gasteiger charge is -2.20. The maximum atomic E-state index is 11.8. The highest BCUT2D eigenvalue weighted by molar-refractivity contribution is 5.83. The van der Waals surface area contributed by atoms with Crippen molar-refractivity contribution in [2.75, 3.05) is 13.1 Å². The van der Waals surface area contributed by atoms with Gasteiger partial charge in [0.25, 0.3) is 0 Å². The molecule has 4 heteroatoms. The van der Waals surface area contributed by atoms with Gasteiger partial charge in [-0.25, -0.2) is 0 Å². The summed E-state index contributed by atoms with van der Waals surface area (Å²) >= 11 is 0. The normalized spacial score (nSPS) is 11.3. The molecule has 0 unspecified atom stereocenters. The van der Waals surface area contributed by atoms with Crippen LogP contribution in [0.2, 0.25) is 0 Å². The molecule has 108 valence electrons. The van der Waals surface area contributed by atoms with Gasteiger partial charge in [0.05, 0.1) is 12.4 Å². The molecule has 0 spiro atoms. The molecule has 1 atom stereocenters. The van der Waals surface area contributed by atoms with E-state index >= 15 is 0 Å². The fourth-order valence-corrected chi connectivity index (χ4v) is 1.81. The van der Waals surface area contributed by atoms with Crippen LogP contribution in [0.5, 0.6) is 0 Å². The molecule has 1 rings (SSSR count). The molecule has 0 saturated carbocycles.